The second-order valence-corrected chi connectivity index (χ2v) is 5.25. The summed E-state index contributed by atoms with van der Waals surface area (Å²) in [6.07, 6.45) is 0. The van der Waals surface area contributed by atoms with Crippen LogP contribution in [0.1, 0.15) is 13.8 Å². The monoisotopic (exact) mass is 295 g/mol. The number of anilines is 2. The molecule has 20 heavy (non-hydrogen) atoms. The Morgan fingerprint density at radius 3 is 2.30 bits per heavy atom. The van der Waals surface area contributed by atoms with Crippen molar-refractivity contribution in [1.82, 2.24) is 4.90 Å². The van der Waals surface area contributed by atoms with Gasteiger partial charge in [0.25, 0.3) is 0 Å². The van der Waals surface area contributed by atoms with Crippen molar-refractivity contribution in [3.8, 4) is 0 Å². The van der Waals surface area contributed by atoms with Crippen LogP contribution >= 0.6 is 11.6 Å². The second-order valence-electron chi connectivity index (χ2n) is 4.84. The zero-order chi connectivity index (χ0) is 14.7. The van der Waals surface area contributed by atoms with Crippen molar-refractivity contribution in [1.29, 1.82) is 0 Å². The summed E-state index contributed by atoms with van der Waals surface area (Å²) in [5, 5.41) is 3.31. The number of amides is 2. The highest BCUT2D eigenvalue weighted by Gasteiger charge is 2.20. The van der Waals surface area contributed by atoms with Gasteiger partial charge in [0.1, 0.15) is 0 Å². The van der Waals surface area contributed by atoms with Crippen molar-refractivity contribution in [3.05, 3.63) is 23.2 Å². The number of piperazine rings is 1. The molecule has 1 N–H and O–H groups in total. The Balaban J connectivity index is 2.07. The smallest absolute Gasteiger partial charge is 0.221 e. The molecule has 1 fully saturated rings. The van der Waals surface area contributed by atoms with E-state index in [1.165, 1.54) is 6.92 Å². The maximum atomic E-state index is 11.3. The number of hydrogen-bond donors (Lipinski definition) is 1. The molecule has 0 saturated carbocycles. The van der Waals surface area contributed by atoms with Gasteiger partial charge in [0.15, 0.2) is 0 Å². The van der Waals surface area contributed by atoms with Crippen LogP contribution < -0.4 is 10.2 Å². The molecule has 2 rings (SSSR count). The Labute approximate surface area is 123 Å². The lowest BCUT2D eigenvalue weighted by atomic mass is 10.2. The number of hydrogen-bond acceptors (Lipinski definition) is 3. The lowest BCUT2D eigenvalue weighted by Gasteiger charge is -2.36. The van der Waals surface area contributed by atoms with Crippen LogP contribution in [0.5, 0.6) is 0 Å². The summed E-state index contributed by atoms with van der Waals surface area (Å²) in [6, 6.07) is 5.48. The molecule has 0 aliphatic carbocycles. The van der Waals surface area contributed by atoms with Gasteiger partial charge in [0.2, 0.25) is 11.8 Å². The van der Waals surface area contributed by atoms with Gasteiger partial charge in [0, 0.05) is 45.7 Å². The molecule has 5 nitrogen and oxygen atoms in total. The van der Waals surface area contributed by atoms with Crippen LogP contribution in [0.3, 0.4) is 0 Å². The fourth-order valence-corrected chi connectivity index (χ4v) is 2.61. The molecule has 1 heterocycles. The molecule has 6 heteroatoms. The van der Waals surface area contributed by atoms with Gasteiger partial charge < -0.3 is 15.1 Å². The van der Waals surface area contributed by atoms with Crippen molar-refractivity contribution < 1.29 is 9.59 Å². The normalized spacial score (nSPS) is 15.2. The fraction of sp³-hybridized carbons (Fsp3) is 0.429. The van der Waals surface area contributed by atoms with Crippen LogP contribution in [0.25, 0.3) is 0 Å². The fourth-order valence-electron chi connectivity index (χ4n) is 2.31. The molecule has 108 valence electrons. The summed E-state index contributed by atoms with van der Waals surface area (Å²) >= 11 is 6.27. The molecular formula is C14H18ClN3O2. The Hall–Kier alpha value is -1.75. The van der Waals surface area contributed by atoms with Gasteiger partial charge in [-0.2, -0.15) is 0 Å². The van der Waals surface area contributed by atoms with Gasteiger partial charge in [-0.25, -0.2) is 0 Å². The highest BCUT2D eigenvalue weighted by atomic mass is 35.5. The van der Waals surface area contributed by atoms with E-state index in [0.29, 0.717) is 23.8 Å². The topological polar surface area (TPSA) is 52.7 Å². The minimum atomic E-state index is -0.121. The molecule has 0 spiro atoms. The van der Waals surface area contributed by atoms with Gasteiger partial charge in [-0.3, -0.25) is 9.59 Å². The first-order valence-electron chi connectivity index (χ1n) is 6.55. The minimum absolute atomic E-state index is 0.108. The predicted octanol–water partition coefficient (Wildman–Crippen LogP) is 1.97. The molecule has 1 aromatic carbocycles. The number of carbonyl (C=O) groups is 2. The zero-order valence-corrected chi connectivity index (χ0v) is 12.4. The Morgan fingerprint density at radius 1 is 1.15 bits per heavy atom. The molecule has 2 amide bonds. The SMILES string of the molecule is CC(=O)Nc1ccc(N2CCN(C(C)=O)CC2)c(Cl)c1. The molecular weight excluding hydrogens is 278 g/mol. The lowest BCUT2D eigenvalue weighted by Crippen LogP contribution is -2.48. The Kier molecular flexibility index (Phi) is 4.49. The third kappa shape index (κ3) is 3.42. The number of halogens is 1. The Bertz CT molecular complexity index is 525. The minimum Gasteiger partial charge on any atom is -0.367 e. The van der Waals surface area contributed by atoms with Crippen LogP contribution in [-0.2, 0) is 9.59 Å². The highest BCUT2D eigenvalue weighted by Crippen LogP contribution is 2.29. The van der Waals surface area contributed by atoms with Gasteiger partial charge >= 0.3 is 0 Å². The van der Waals surface area contributed by atoms with Gasteiger partial charge in [0.05, 0.1) is 10.7 Å². The molecule has 0 radical (unpaired) electrons. The van der Waals surface area contributed by atoms with Crippen molar-refractivity contribution >= 4 is 34.8 Å². The van der Waals surface area contributed by atoms with E-state index in [2.05, 4.69) is 10.2 Å². The van der Waals surface area contributed by atoms with Crippen LogP contribution in [0.15, 0.2) is 18.2 Å². The molecule has 1 saturated heterocycles. The first-order chi connectivity index (χ1) is 9.47. The predicted molar refractivity (Wildman–Crippen MR) is 80.2 cm³/mol. The van der Waals surface area contributed by atoms with E-state index in [0.717, 1.165) is 18.8 Å². The Morgan fingerprint density at radius 2 is 1.80 bits per heavy atom. The molecule has 1 aliphatic heterocycles. The van der Waals surface area contributed by atoms with E-state index < -0.39 is 0 Å². The summed E-state index contributed by atoms with van der Waals surface area (Å²) in [4.78, 5) is 26.3. The van der Waals surface area contributed by atoms with E-state index in [1.807, 2.05) is 17.0 Å². The average molecular weight is 296 g/mol. The van der Waals surface area contributed by atoms with Crippen LogP contribution in [-0.4, -0.2) is 42.9 Å². The van der Waals surface area contributed by atoms with Crippen molar-refractivity contribution in [3.63, 3.8) is 0 Å². The van der Waals surface area contributed by atoms with Gasteiger partial charge in [-0.1, -0.05) is 11.6 Å². The maximum Gasteiger partial charge on any atom is 0.221 e. The van der Waals surface area contributed by atoms with Crippen LogP contribution in [0.2, 0.25) is 5.02 Å². The second kappa shape index (κ2) is 6.13. The first-order valence-corrected chi connectivity index (χ1v) is 6.93. The van der Waals surface area contributed by atoms with Crippen molar-refractivity contribution in [2.24, 2.45) is 0 Å². The summed E-state index contributed by atoms with van der Waals surface area (Å²) < 4.78 is 0. The van der Waals surface area contributed by atoms with Gasteiger partial charge in [-0.15, -0.1) is 0 Å². The largest absolute Gasteiger partial charge is 0.367 e. The zero-order valence-electron chi connectivity index (χ0n) is 11.6. The van der Waals surface area contributed by atoms with E-state index in [1.54, 1.807) is 13.0 Å². The molecule has 1 aliphatic rings. The van der Waals surface area contributed by atoms with Crippen LogP contribution in [0, 0.1) is 0 Å². The van der Waals surface area contributed by atoms with Crippen molar-refractivity contribution in [2.45, 2.75) is 13.8 Å². The number of nitrogens with one attached hydrogen (secondary N) is 1. The third-order valence-corrected chi connectivity index (χ3v) is 3.64. The quantitative estimate of drug-likeness (QED) is 0.907. The summed E-state index contributed by atoms with van der Waals surface area (Å²) in [5.74, 6) is -0.0133. The molecule has 0 atom stereocenters. The number of benzene rings is 1. The summed E-state index contributed by atoms with van der Waals surface area (Å²) in [7, 11) is 0. The summed E-state index contributed by atoms with van der Waals surface area (Å²) in [6.45, 7) is 5.99. The molecule has 1 aromatic rings. The maximum absolute atomic E-state index is 11.3. The average Bonchev–Trinajstić information content (AvgIpc) is 2.38. The number of rotatable bonds is 2. The third-order valence-electron chi connectivity index (χ3n) is 3.33. The molecule has 0 unspecified atom stereocenters. The number of carbonyl (C=O) groups excluding carboxylic acids is 2. The van der Waals surface area contributed by atoms with Gasteiger partial charge in [-0.05, 0) is 18.2 Å². The molecule has 0 bridgehead atoms. The van der Waals surface area contributed by atoms with Crippen LogP contribution in [0.4, 0.5) is 11.4 Å². The highest BCUT2D eigenvalue weighted by molar-refractivity contribution is 6.33. The lowest BCUT2D eigenvalue weighted by molar-refractivity contribution is -0.129. The summed E-state index contributed by atoms with van der Waals surface area (Å²) in [5.41, 5.74) is 1.62. The van der Waals surface area contributed by atoms with E-state index >= 15 is 0 Å². The first kappa shape index (κ1) is 14.7. The van der Waals surface area contributed by atoms with E-state index in [4.69, 9.17) is 11.6 Å². The number of nitrogens with zero attached hydrogens (tertiary/aromatic N) is 2. The van der Waals surface area contributed by atoms with Crippen molar-refractivity contribution in [2.75, 3.05) is 36.4 Å². The van der Waals surface area contributed by atoms with E-state index in [9.17, 15) is 9.59 Å². The standard InChI is InChI=1S/C14H18ClN3O2/c1-10(19)16-12-3-4-14(13(15)9-12)18-7-5-17(6-8-18)11(2)20/h3-4,9H,5-8H2,1-2H3,(H,16,19). The van der Waals surface area contributed by atoms with E-state index in [-0.39, 0.29) is 11.8 Å². The molecule has 0 aromatic heterocycles.